The molecule has 5 rings (SSSR count). The lowest BCUT2D eigenvalue weighted by Crippen LogP contribution is -2.48. The van der Waals surface area contributed by atoms with Crippen LogP contribution in [-0.2, 0) is 6.54 Å². The van der Waals surface area contributed by atoms with E-state index >= 15 is 0 Å². The van der Waals surface area contributed by atoms with Gasteiger partial charge in [0.25, 0.3) is 5.91 Å². The number of piperazine rings is 1. The summed E-state index contributed by atoms with van der Waals surface area (Å²) in [5.74, 6) is -0.0102. The first kappa shape index (κ1) is 21.4. The van der Waals surface area contributed by atoms with Gasteiger partial charge in [-0.3, -0.25) is 9.69 Å². The molecule has 1 fully saturated rings. The highest BCUT2D eigenvalue weighted by Gasteiger charge is 2.26. The summed E-state index contributed by atoms with van der Waals surface area (Å²) in [5, 5.41) is 5.39. The Labute approximate surface area is 198 Å². The fourth-order valence-corrected chi connectivity index (χ4v) is 4.45. The second-order valence-corrected chi connectivity index (χ2v) is 8.60. The van der Waals surface area contributed by atoms with Crippen LogP contribution in [0.1, 0.15) is 16.1 Å². The van der Waals surface area contributed by atoms with Crippen molar-refractivity contribution in [3.05, 3.63) is 107 Å². The van der Waals surface area contributed by atoms with Gasteiger partial charge in [-0.25, -0.2) is 4.68 Å². The number of carbonyl (C=O) groups excluding carboxylic acids is 1. The number of hydrogen-bond donors (Lipinski definition) is 0. The molecule has 1 aliphatic rings. The van der Waals surface area contributed by atoms with Gasteiger partial charge in [0.2, 0.25) is 0 Å². The van der Waals surface area contributed by atoms with E-state index in [1.54, 1.807) is 4.68 Å². The van der Waals surface area contributed by atoms with E-state index in [1.165, 1.54) is 5.56 Å². The number of hydrogen-bond acceptors (Lipinski definition) is 3. The summed E-state index contributed by atoms with van der Waals surface area (Å²) in [4.78, 5) is 17.9. The van der Waals surface area contributed by atoms with Gasteiger partial charge in [-0.1, -0.05) is 78.3 Å². The summed E-state index contributed by atoms with van der Waals surface area (Å²) in [5.41, 5.74) is 4.20. The largest absolute Gasteiger partial charge is 0.335 e. The fraction of sp³-hybridized carbons (Fsp3) is 0.185. The molecule has 1 aliphatic heterocycles. The lowest BCUT2D eigenvalue weighted by Gasteiger charge is -2.34. The highest BCUT2D eigenvalue weighted by Crippen LogP contribution is 2.29. The highest BCUT2D eigenvalue weighted by atomic mass is 35.5. The Morgan fingerprint density at radius 3 is 2.15 bits per heavy atom. The van der Waals surface area contributed by atoms with E-state index in [2.05, 4.69) is 29.2 Å². The third kappa shape index (κ3) is 4.70. The van der Waals surface area contributed by atoms with Crippen LogP contribution in [-0.4, -0.2) is 51.7 Å². The van der Waals surface area contributed by atoms with E-state index in [1.807, 2.05) is 71.6 Å². The summed E-state index contributed by atoms with van der Waals surface area (Å²) >= 11 is 6.43. The molecule has 0 radical (unpaired) electrons. The summed E-state index contributed by atoms with van der Waals surface area (Å²) in [6, 6.07) is 29.7. The first-order chi connectivity index (χ1) is 16.2. The van der Waals surface area contributed by atoms with Crippen molar-refractivity contribution in [2.24, 2.45) is 0 Å². The average molecular weight is 457 g/mol. The van der Waals surface area contributed by atoms with Gasteiger partial charge in [0, 0.05) is 38.3 Å². The molecule has 3 aromatic carbocycles. The molecule has 0 bridgehead atoms. The monoisotopic (exact) mass is 456 g/mol. The van der Waals surface area contributed by atoms with Crippen molar-refractivity contribution in [1.82, 2.24) is 19.6 Å². The minimum Gasteiger partial charge on any atom is -0.335 e. The van der Waals surface area contributed by atoms with Crippen LogP contribution in [0.25, 0.3) is 16.9 Å². The van der Waals surface area contributed by atoms with Crippen LogP contribution in [0.15, 0.2) is 91.0 Å². The Kier molecular flexibility index (Phi) is 6.24. The maximum Gasteiger partial charge on any atom is 0.272 e. The quantitative estimate of drug-likeness (QED) is 0.417. The van der Waals surface area contributed by atoms with E-state index in [-0.39, 0.29) is 5.91 Å². The van der Waals surface area contributed by atoms with Crippen LogP contribution in [0.2, 0.25) is 5.02 Å². The van der Waals surface area contributed by atoms with E-state index in [0.717, 1.165) is 30.9 Å². The molecule has 0 aliphatic carbocycles. The van der Waals surface area contributed by atoms with Gasteiger partial charge in [0.1, 0.15) is 5.69 Å². The number of benzene rings is 3. The summed E-state index contributed by atoms with van der Waals surface area (Å²) in [6.45, 7) is 3.97. The number of nitrogens with zero attached hydrogens (tertiary/aromatic N) is 4. The number of carbonyl (C=O) groups is 1. The van der Waals surface area contributed by atoms with E-state index in [0.29, 0.717) is 29.5 Å². The SMILES string of the molecule is O=C(c1cc(-c2ccccc2Cl)nn1-c1ccccc1)N1CCN(Cc2ccccc2)CC1. The number of rotatable bonds is 5. The van der Waals surface area contributed by atoms with E-state index in [4.69, 9.17) is 16.7 Å². The van der Waals surface area contributed by atoms with E-state index < -0.39 is 0 Å². The van der Waals surface area contributed by atoms with Gasteiger partial charge in [-0.2, -0.15) is 5.10 Å². The maximum atomic E-state index is 13.6. The number of aromatic nitrogens is 2. The lowest BCUT2D eigenvalue weighted by molar-refractivity contribution is 0.0619. The zero-order chi connectivity index (χ0) is 22.6. The molecule has 0 spiro atoms. The number of halogens is 1. The molecule has 2 heterocycles. The molecule has 6 heteroatoms. The number of amides is 1. The zero-order valence-corrected chi connectivity index (χ0v) is 19.0. The van der Waals surface area contributed by atoms with Gasteiger partial charge in [0.15, 0.2) is 0 Å². The number of para-hydroxylation sites is 1. The molecule has 0 N–H and O–H groups in total. The third-order valence-corrected chi connectivity index (χ3v) is 6.32. The van der Waals surface area contributed by atoms with Crippen LogP contribution in [0.3, 0.4) is 0 Å². The summed E-state index contributed by atoms with van der Waals surface area (Å²) in [6.07, 6.45) is 0. The zero-order valence-electron chi connectivity index (χ0n) is 18.3. The van der Waals surface area contributed by atoms with E-state index in [9.17, 15) is 4.79 Å². The van der Waals surface area contributed by atoms with Gasteiger partial charge in [-0.05, 0) is 29.8 Å². The van der Waals surface area contributed by atoms with Crippen LogP contribution < -0.4 is 0 Å². The molecule has 0 unspecified atom stereocenters. The van der Waals surface area contributed by atoms with Crippen LogP contribution in [0, 0.1) is 0 Å². The average Bonchev–Trinajstić information content (AvgIpc) is 3.31. The minimum atomic E-state index is -0.0102. The highest BCUT2D eigenvalue weighted by molar-refractivity contribution is 6.33. The minimum absolute atomic E-state index is 0.0102. The second kappa shape index (κ2) is 9.61. The Bertz CT molecular complexity index is 1230. The fourth-order valence-electron chi connectivity index (χ4n) is 4.21. The van der Waals surface area contributed by atoms with Crippen molar-refractivity contribution < 1.29 is 4.79 Å². The standard InChI is InChI=1S/C27H25ClN4O/c28-24-14-8-7-13-23(24)25-19-26(32(29-25)22-11-5-2-6-12-22)27(33)31-17-15-30(16-18-31)20-21-9-3-1-4-10-21/h1-14,19H,15-18,20H2. The smallest absolute Gasteiger partial charge is 0.272 e. The predicted octanol–water partition coefficient (Wildman–Crippen LogP) is 5.15. The first-order valence-corrected chi connectivity index (χ1v) is 11.5. The first-order valence-electron chi connectivity index (χ1n) is 11.1. The van der Waals surface area contributed by atoms with Gasteiger partial charge in [-0.15, -0.1) is 0 Å². The molecule has 0 atom stereocenters. The molecule has 0 saturated carbocycles. The van der Waals surface area contributed by atoms with Crippen molar-refractivity contribution >= 4 is 17.5 Å². The molecule has 5 nitrogen and oxygen atoms in total. The lowest BCUT2D eigenvalue weighted by atomic mass is 10.1. The molecule has 1 amide bonds. The van der Waals surface area contributed by atoms with Crippen LogP contribution in [0.4, 0.5) is 0 Å². The summed E-state index contributed by atoms with van der Waals surface area (Å²) < 4.78 is 1.73. The molecule has 1 aromatic heterocycles. The molecular formula is C27H25ClN4O. The van der Waals surface area contributed by atoms with Crippen LogP contribution in [0.5, 0.6) is 0 Å². The predicted molar refractivity (Wildman–Crippen MR) is 132 cm³/mol. The van der Waals surface area contributed by atoms with Crippen LogP contribution >= 0.6 is 11.6 Å². The normalized spacial score (nSPS) is 14.4. The van der Waals surface area contributed by atoms with Crippen molar-refractivity contribution in [2.75, 3.05) is 26.2 Å². The third-order valence-electron chi connectivity index (χ3n) is 5.99. The van der Waals surface area contributed by atoms with Crippen molar-refractivity contribution in [2.45, 2.75) is 6.54 Å². The van der Waals surface area contributed by atoms with Gasteiger partial charge < -0.3 is 4.90 Å². The Morgan fingerprint density at radius 2 is 1.45 bits per heavy atom. The van der Waals surface area contributed by atoms with Crippen molar-refractivity contribution in [3.63, 3.8) is 0 Å². The Morgan fingerprint density at radius 1 is 0.818 bits per heavy atom. The Balaban J connectivity index is 1.39. The van der Waals surface area contributed by atoms with Gasteiger partial charge in [0.05, 0.1) is 16.4 Å². The van der Waals surface area contributed by atoms with Crippen molar-refractivity contribution in [3.8, 4) is 16.9 Å². The van der Waals surface area contributed by atoms with Gasteiger partial charge >= 0.3 is 0 Å². The maximum absolute atomic E-state index is 13.6. The topological polar surface area (TPSA) is 41.4 Å². The molecule has 1 saturated heterocycles. The molecule has 4 aromatic rings. The molecular weight excluding hydrogens is 432 g/mol. The molecule has 166 valence electrons. The molecule has 33 heavy (non-hydrogen) atoms. The Hall–Kier alpha value is -3.41. The van der Waals surface area contributed by atoms with Crippen molar-refractivity contribution in [1.29, 1.82) is 0 Å². The summed E-state index contributed by atoms with van der Waals surface area (Å²) in [7, 11) is 0. The second-order valence-electron chi connectivity index (χ2n) is 8.20.